The van der Waals surface area contributed by atoms with E-state index < -0.39 is 35.2 Å². The predicted octanol–water partition coefficient (Wildman–Crippen LogP) is 6.27. The highest BCUT2D eigenvalue weighted by Gasteiger charge is 2.34. The molecular weight excluding hydrogens is 543 g/mol. The first-order valence-corrected chi connectivity index (χ1v) is 13.6. The molecule has 3 aromatic carbocycles. The summed E-state index contributed by atoms with van der Waals surface area (Å²) < 4.78 is 26.0. The third-order valence-electron chi connectivity index (χ3n) is 5.67. The number of Topliss-reactive ketones (excluding diaryl/α,β-unsaturated/α-hetero) is 1. The number of benzene rings is 3. The Labute approximate surface area is 235 Å². The molecule has 1 aliphatic heterocycles. The topological polar surface area (TPSA) is 84.9 Å². The second-order valence-electron chi connectivity index (χ2n) is 9.89. The number of ether oxygens (including phenoxy) is 2. The van der Waals surface area contributed by atoms with E-state index in [2.05, 4.69) is 5.32 Å². The van der Waals surface area contributed by atoms with Crippen LogP contribution in [0.2, 0.25) is 5.02 Å². The molecule has 10 heteroatoms. The molecule has 0 bridgehead atoms. The van der Waals surface area contributed by atoms with Crippen molar-refractivity contribution in [2.75, 3.05) is 17.3 Å². The van der Waals surface area contributed by atoms with Gasteiger partial charge in [-0.1, -0.05) is 41.9 Å². The summed E-state index contributed by atoms with van der Waals surface area (Å²) in [6.45, 7) is 4.90. The van der Waals surface area contributed by atoms with Crippen LogP contribution >= 0.6 is 23.4 Å². The summed E-state index contributed by atoms with van der Waals surface area (Å²) >= 11 is 7.24. The molecule has 0 unspecified atom stereocenters. The molecule has 1 heterocycles. The van der Waals surface area contributed by atoms with E-state index in [-0.39, 0.29) is 24.5 Å². The third-order valence-corrected chi connectivity index (χ3v) is 7.06. The minimum Gasteiger partial charge on any atom is -0.485 e. The number of amides is 2. The summed E-state index contributed by atoms with van der Waals surface area (Å²) in [5.41, 5.74) is 0.166. The molecule has 1 N–H and O–H groups in total. The van der Waals surface area contributed by atoms with Crippen LogP contribution in [-0.4, -0.2) is 41.8 Å². The first-order chi connectivity index (χ1) is 18.5. The standard InChI is InChI=1S/C29H28ClFN2O5S/c1-29(2,3)38-28(36)32-23-17-39-26-14-22(31)21(25(34)16-37-20-7-5-4-6-8-20)13-24(26)33(27(23)35)15-18-9-11-19(30)12-10-18/h4-14,23H,15-17H2,1-3H3,(H,32,36)/t23-/m0/s1. The Morgan fingerprint density at radius 2 is 1.79 bits per heavy atom. The number of carbonyl (C=O) groups excluding carboxylic acids is 3. The number of nitrogens with zero attached hydrogens (tertiary/aromatic N) is 1. The van der Waals surface area contributed by atoms with E-state index in [1.165, 1.54) is 28.8 Å². The Morgan fingerprint density at radius 3 is 2.46 bits per heavy atom. The van der Waals surface area contributed by atoms with Crippen molar-refractivity contribution in [2.45, 2.75) is 43.9 Å². The molecular formula is C29H28ClFN2O5S. The van der Waals surface area contributed by atoms with E-state index in [1.54, 1.807) is 69.3 Å². The van der Waals surface area contributed by atoms with Crippen molar-refractivity contribution < 1.29 is 28.2 Å². The van der Waals surface area contributed by atoms with Gasteiger partial charge in [0.2, 0.25) is 5.78 Å². The van der Waals surface area contributed by atoms with E-state index in [9.17, 15) is 14.4 Å². The largest absolute Gasteiger partial charge is 0.485 e. The van der Waals surface area contributed by atoms with Crippen LogP contribution in [0.4, 0.5) is 14.9 Å². The van der Waals surface area contributed by atoms with E-state index in [1.807, 2.05) is 6.07 Å². The minimum atomic E-state index is -0.951. The second-order valence-corrected chi connectivity index (χ2v) is 11.4. The van der Waals surface area contributed by atoms with Crippen LogP contribution in [0.1, 0.15) is 36.7 Å². The van der Waals surface area contributed by atoms with Crippen LogP contribution < -0.4 is 15.0 Å². The highest BCUT2D eigenvalue weighted by molar-refractivity contribution is 7.99. The van der Waals surface area contributed by atoms with Crippen LogP contribution in [0, 0.1) is 5.82 Å². The van der Waals surface area contributed by atoms with Gasteiger partial charge in [0.1, 0.15) is 23.2 Å². The molecule has 1 atom stereocenters. The monoisotopic (exact) mass is 570 g/mol. The number of rotatable bonds is 7. The number of alkyl carbamates (subject to hydrolysis) is 1. The molecule has 4 rings (SSSR count). The number of nitrogens with one attached hydrogen (secondary N) is 1. The molecule has 0 saturated carbocycles. The van der Waals surface area contributed by atoms with Gasteiger partial charge in [0.15, 0.2) is 6.61 Å². The van der Waals surface area contributed by atoms with Gasteiger partial charge in [-0.3, -0.25) is 9.59 Å². The van der Waals surface area contributed by atoms with Crippen LogP contribution in [-0.2, 0) is 16.1 Å². The van der Waals surface area contributed by atoms with Gasteiger partial charge in [0, 0.05) is 15.7 Å². The summed E-state index contributed by atoms with van der Waals surface area (Å²) in [6, 6.07) is 17.3. The van der Waals surface area contributed by atoms with Crippen LogP contribution in [0.5, 0.6) is 5.75 Å². The molecule has 0 aliphatic carbocycles. The highest BCUT2D eigenvalue weighted by atomic mass is 35.5. The number of hydrogen-bond acceptors (Lipinski definition) is 6. The maximum Gasteiger partial charge on any atom is 0.408 e. The zero-order valence-electron chi connectivity index (χ0n) is 21.7. The molecule has 0 saturated heterocycles. The Morgan fingerprint density at radius 1 is 1.10 bits per heavy atom. The number of ketones is 1. The summed E-state index contributed by atoms with van der Waals surface area (Å²) in [5.74, 6) is -1.10. The molecule has 0 aromatic heterocycles. The van der Waals surface area contributed by atoms with Crippen molar-refractivity contribution in [3.05, 3.63) is 88.7 Å². The molecule has 0 fully saturated rings. The normalized spacial score (nSPS) is 15.3. The average molecular weight is 571 g/mol. The van der Waals surface area contributed by atoms with Crippen molar-refractivity contribution >= 4 is 46.8 Å². The summed E-state index contributed by atoms with van der Waals surface area (Å²) in [6.07, 6.45) is -0.737. The number of carbonyl (C=O) groups is 3. The van der Waals surface area contributed by atoms with Crippen molar-refractivity contribution in [1.82, 2.24) is 5.32 Å². The van der Waals surface area contributed by atoms with Gasteiger partial charge in [0.05, 0.1) is 17.8 Å². The van der Waals surface area contributed by atoms with E-state index >= 15 is 4.39 Å². The van der Waals surface area contributed by atoms with Crippen molar-refractivity contribution in [1.29, 1.82) is 0 Å². The smallest absolute Gasteiger partial charge is 0.408 e. The Kier molecular flexibility index (Phi) is 8.82. The molecule has 0 spiro atoms. The van der Waals surface area contributed by atoms with Crippen LogP contribution in [0.15, 0.2) is 71.6 Å². The lowest BCUT2D eigenvalue weighted by Crippen LogP contribution is -2.50. The average Bonchev–Trinajstić information content (AvgIpc) is 2.99. The van der Waals surface area contributed by atoms with Gasteiger partial charge in [-0.15, -0.1) is 11.8 Å². The molecule has 7 nitrogen and oxygen atoms in total. The fourth-order valence-electron chi connectivity index (χ4n) is 3.87. The van der Waals surface area contributed by atoms with E-state index in [0.29, 0.717) is 21.4 Å². The number of para-hydroxylation sites is 1. The Balaban J connectivity index is 1.65. The van der Waals surface area contributed by atoms with Crippen molar-refractivity contribution in [3.63, 3.8) is 0 Å². The molecule has 3 aromatic rings. The molecule has 1 aliphatic rings. The maximum absolute atomic E-state index is 15.2. The zero-order valence-corrected chi connectivity index (χ0v) is 23.3. The van der Waals surface area contributed by atoms with Gasteiger partial charge in [-0.05, 0) is 62.7 Å². The van der Waals surface area contributed by atoms with Gasteiger partial charge in [-0.2, -0.15) is 0 Å². The molecule has 39 heavy (non-hydrogen) atoms. The molecule has 2 amide bonds. The Bertz CT molecular complexity index is 1360. The fourth-order valence-corrected chi connectivity index (χ4v) is 5.07. The summed E-state index contributed by atoms with van der Waals surface area (Å²) in [5, 5.41) is 3.18. The Hall–Kier alpha value is -3.56. The number of hydrogen-bond donors (Lipinski definition) is 1. The van der Waals surface area contributed by atoms with Crippen LogP contribution in [0.25, 0.3) is 0 Å². The maximum atomic E-state index is 15.2. The zero-order chi connectivity index (χ0) is 28.2. The number of thioether (sulfide) groups is 1. The predicted molar refractivity (Wildman–Crippen MR) is 149 cm³/mol. The number of anilines is 1. The van der Waals surface area contributed by atoms with E-state index in [4.69, 9.17) is 21.1 Å². The first-order valence-electron chi connectivity index (χ1n) is 12.2. The fraction of sp³-hybridized carbons (Fsp3) is 0.276. The van der Waals surface area contributed by atoms with Crippen LogP contribution in [0.3, 0.4) is 0 Å². The van der Waals surface area contributed by atoms with E-state index in [0.717, 1.165) is 5.56 Å². The number of halogens is 2. The highest BCUT2D eigenvalue weighted by Crippen LogP contribution is 2.37. The quantitative estimate of drug-likeness (QED) is 0.337. The van der Waals surface area contributed by atoms with Gasteiger partial charge in [-0.25, -0.2) is 9.18 Å². The third kappa shape index (κ3) is 7.52. The summed E-state index contributed by atoms with van der Waals surface area (Å²) in [4.78, 5) is 41.1. The second kappa shape index (κ2) is 12.1. The van der Waals surface area contributed by atoms with Gasteiger partial charge in [0.25, 0.3) is 5.91 Å². The first kappa shape index (κ1) is 28.4. The lowest BCUT2D eigenvalue weighted by atomic mass is 10.1. The molecule has 204 valence electrons. The summed E-state index contributed by atoms with van der Waals surface area (Å²) in [7, 11) is 0. The lowest BCUT2D eigenvalue weighted by molar-refractivity contribution is -0.120. The van der Waals surface area contributed by atoms with Gasteiger partial charge < -0.3 is 19.7 Å². The minimum absolute atomic E-state index is 0.107. The molecule has 0 radical (unpaired) electrons. The van der Waals surface area contributed by atoms with Gasteiger partial charge >= 0.3 is 6.09 Å². The van der Waals surface area contributed by atoms with Crippen molar-refractivity contribution in [3.8, 4) is 5.75 Å². The lowest BCUT2D eigenvalue weighted by Gasteiger charge is -2.27. The SMILES string of the molecule is CC(C)(C)OC(=O)N[C@H]1CSc2cc(F)c(C(=O)COc3ccccc3)cc2N(Cc2ccc(Cl)cc2)C1=O. The number of fused-ring (bicyclic) bond motifs is 1. The van der Waals surface area contributed by atoms with Crippen molar-refractivity contribution in [2.24, 2.45) is 0 Å².